The van der Waals surface area contributed by atoms with Crippen LogP contribution >= 0.6 is 0 Å². The van der Waals surface area contributed by atoms with Crippen LogP contribution in [0.3, 0.4) is 0 Å². The average Bonchev–Trinajstić information content (AvgIpc) is 3.24. The minimum atomic E-state index is -2.23. The van der Waals surface area contributed by atoms with Crippen LogP contribution in [0.2, 0.25) is 0 Å². The van der Waals surface area contributed by atoms with E-state index in [0.29, 0.717) is 0 Å². The number of aliphatic hydroxyl groups is 1. The van der Waals surface area contributed by atoms with Crippen LogP contribution in [-0.2, 0) is 23.8 Å². The van der Waals surface area contributed by atoms with Gasteiger partial charge in [-0.05, 0) is 13.8 Å². The summed E-state index contributed by atoms with van der Waals surface area (Å²) in [5.41, 5.74) is -2.23. The highest BCUT2D eigenvalue weighted by Crippen LogP contribution is 2.35. The van der Waals surface area contributed by atoms with Crippen LogP contribution in [0.4, 0.5) is 0 Å². The standard InChI is InChI=1S/C12H18O8/c1-5-7(19-5)3-12(11(16)17,9(13)10(14)15)18-4-8-6(2)20-8/h5-9,13H,3-4H2,1-2H3,(H,14,15)(H,16,17). The molecule has 0 spiro atoms. The average molecular weight is 290 g/mol. The summed E-state index contributed by atoms with van der Waals surface area (Å²) >= 11 is 0. The van der Waals surface area contributed by atoms with Crippen LogP contribution in [-0.4, -0.2) is 70.0 Å². The van der Waals surface area contributed by atoms with Gasteiger partial charge in [-0.2, -0.15) is 0 Å². The van der Waals surface area contributed by atoms with E-state index in [2.05, 4.69) is 0 Å². The fourth-order valence-electron chi connectivity index (χ4n) is 2.09. The Hall–Kier alpha value is -1.22. The van der Waals surface area contributed by atoms with E-state index in [1.165, 1.54) is 0 Å². The van der Waals surface area contributed by atoms with Gasteiger partial charge in [-0.15, -0.1) is 0 Å². The van der Waals surface area contributed by atoms with Gasteiger partial charge < -0.3 is 29.5 Å². The first-order valence-electron chi connectivity index (χ1n) is 6.37. The summed E-state index contributed by atoms with van der Waals surface area (Å²) in [7, 11) is 0. The number of carboxylic acids is 2. The topological polar surface area (TPSA) is 129 Å². The molecule has 8 heteroatoms. The van der Waals surface area contributed by atoms with Crippen LogP contribution in [0.15, 0.2) is 0 Å². The number of rotatable bonds is 8. The molecule has 0 radical (unpaired) electrons. The number of ether oxygens (including phenoxy) is 3. The van der Waals surface area contributed by atoms with Gasteiger partial charge >= 0.3 is 11.9 Å². The van der Waals surface area contributed by atoms with Crippen molar-refractivity contribution in [3.05, 3.63) is 0 Å². The monoisotopic (exact) mass is 290 g/mol. The van der Waals surface area contributed by atoms with Gasteiger partial charge in [0, 0.05) is 6.42 Å². The lowest BCUT2D eigenvalue weighted by Crippen LogP contribution is -2.56. The van der Waals surface area contributed by atoms with Crippen molar-refractivity contribution < 1.29 is 39.1 Å². The SMILES string of the molecule is CC1OC1COC(CC1OC1C)(C(=O)O)C(O)C(=O)O. The number of aliphatic hydroxyl groups excluding tert-OH is 1. The molecule has 2 aliphatic rings. The molecular weight excluding hydrogens is 272 g/mol. The molecule has 8 nitrogen and oxygen atoms in total. The first-order chi connectivity index (χ1) is 9.28. The molecule has 0 aromatic carbocycles. The Morgan fingerprint density at radius 2 is 1.70 bits per heavy atom. The van der Waals surface area contributed by atoms with Crippen LogP contribution in [0.1, 0.15) is 20.3 Å². The highest BCUT2D eigenvalue weighted by atomic mass is 16.6. The van der Waals surface area contributed by atoms with Gasteiger partial charge in [0.05, 0.1) is 24.9 Å². The zero-order chi connectivity index (χ0) is 15.1. The lowest BCUT2D eigenvalue weighted by Gasteiger charge is -2.31. The fraction of sp³-hybridized carbons (Fsp3) is 0.833. The van der Waals surface area contributed by atoms with Gasteiger partial charge in [-0.25, -0.2) is 9.59 Å². The molecule has 0 bridgehead atoms. The molecule has 0 saturated carbocycles. The van der Waals surface area contributed by atoms with Gasteiger partial charge in [0.2, 0.25) is 5.60 Å². The van der Waals surface area contributed by atoms with Crippen molar-refractivity contribution in [3.8, 4) is 0 Å². The van der Waals surface area contributed by atoms with E-state index >= 15 is 0 Å². The molecule has 0 aromatic heterocycles. The Balaban J connectivity index is 2.13. The summed E-state index contributed by atoms with van der Waals surface area (Å²) in [4.78, 5) is 22.5. The quantitative estimate of drug-likeness (QED) is 0.497. The second kappa shape index (κ2) is 5.28. The molecule has 2 heterocycles. The summed E-state index contributed by atoms with van der Waals surface area (Å²) < 4.78 is 15.5. The van der Waals surface area contributed by atoms with E-state index in [1.807, 2.05) is 0 Å². The van der Waals surface area contributed by atoms with Gasteiger partial charge in [0.1, 0.15) is 6.10 Å². The molecule has 0 aliphatic carbocycles. The number of aliphatic carboxylic acids is 2. The lowest BCUT2D eigenvalue weighted by atomic mass is 9.90. The zero-order valence-corrected chi connectivity index (χ0v) is 11.2. The minimum Gasteiger partial charge on any atom is -0.479 e. The second-order valence-corrected chi connectivity index (χ2v) is 5.21. The Morgan fingerprint density at radius 3 is 2.05 bits per heavy atom. The Kier molecular flexibility index (Phi) is 4.01. The molecule has 0 amide bonds. The summed E-state index contributed by atoms with van der Waals surface area (Å²) in [5.74, 6) is -3.17. The van der Waals surface area contributed by atoms with Gasteiger partial charge in [0.15, 0.2) is 6.10 Å². The number of hydrogen-bond acceptors (Lipinski definition) is 6. The molecule has 6 atom stereocenters. The van der Waals surface area contributed by atoms with Crippen LogP contribution in [0.5, 0.6) is 0 Å². The zero-order valence-electron chi connectivity index (χ0n) is 11.2. The van der Waals surface area contributed by atoms with E-state index in [-0.39, 0.29) is 31.3 Å². The molecule has 2 aliphatic heterocycles. The third-order valence-corrected chi connectivity index (χ3v) is 3.72. The predicted octanol–water partition coefficient (Wildman–Crippen LogP) is -0.763. The highest BCUT2D eigenvalue weighted by Gasteiger charge is 2.56. The molecule has 6 unspecified atom stereocenters. The van der Waals surface area contributed by atoms with Crippen LogP contribution in [0, 0.1) is 0 Å². The molecule has 114 valence electrons. The summed E-state index contributed by atoms with van der Waals surface area (Å²) in [6.07, 6.45) is -3.33. The van der Waals surface area contributed by atoms with Crippen molar-refractivity contribution in [3.63, 3.8) is 0 Å². The van der Waals surface area contributed by atoms with Gasteiger partial charge in [-0.1, -0.05) is 0 Å². The van der Waals surface area contributed by atoms with Gasteiger partial charge in [-0.3, -0.25) is 0 Å². The maximum atomic E-state index is 11.5. The largest absolute Gasteiger partial charge is 0.479 e. The van der Waals surface area contributed by atoms with Crippen molar-refractivity contribution in [2.45, 2.75) is 56.4 Å². The van der Waals surface area contributed by atoms with Crippen molar-refractivity contribution in [2.24, 2.45) is 0 Å². The van der Waals surface area contributed by atoms with Gasteiger partial charge in [0.25, 0.3) is 0 Å². The predicted molar refractivity (Wildman–Crippen MR) is 63.2 cm³/mol. The van der Waals surface area contributed by atoms with E-state index in [4.69, 9.17) is 19.3 Å². The highest BCUT2D eigenvalue weighted by molar-refractivity contribution is 5.87. The number of hydrogen-bond donors (Lipinski definition) is 3. The van der Waals surface area contributed by atoms with E-state index in [9.17, 15) is 19.8 Å². The molecule has 20 heavy (non-hydrogen) atoms. The number of carbonyl (C=O) groups is 2. The normalized spacial score (nSPS) is 36.0. The second-order valence-electron chi connectivity index (χ2n) is 5.21. The summed E-state index contributed by atoms with van der Waals surface area (Å²) in [6.45, 7) is 3.44. The van der Waals surface area contributed by atoms with Crippen LogP contribution in [0.25, 0.3) is 0 Å². The molecule has 0 aromatic rings. The number of epoxide rings is 2. The van der Waals surface area contributed by atoms with Crippen molar-refractivity contribution >= 4 is 11.9 Å². The van der Waals surface area contributed by atoms with Crippen molar-refractivity contribution in [1.82, 2.24) is 0 Å². The van der Waals surface area contributed by atoms with Crippen molar-refractivity contribution in [2.75, 3.05) is 6.61 Å². The maximum absolute atomic E-state index is 11.5. The summed E-state index contributed by atoms with van der Waals surface area (Å²) in [5, 5.41) is 28.1. The maximum Gasteiger partial charge on any atom is 0.339 e. The third kappa shape index (κ3) is 2.93. The Morgan fingerprint density at radius 1 is 1.20 bits per heavy atom. The first-order valence-corrected chi connectivity index (χ1v) is 6.37. The van der Waals surface area contributed by atoms with E-state index in [0.717, 1.165) is 0 Å². The Labute approximate surface area is 115 Å². The fourth-order valence-corrected chi connectivity index (χ4v) is 2.09. The third-order valence-electron chi connectivity index (χ3n) is 3.72. The molecule has 2 rings (SSSR count). The molecule has 3 N–H and O–H groups in total. The number of carboxylic acid groups (broad SMARTS) is 2. The molecular formula is C12H18O8. The first kappa shape index (κ1) is 15.2. The Bertz CT molecular complexity index is 410. The minimum absolute atomic E-state index is 0.0560. The summed E-state index contributed by atoms with van der Waals surface area (Å²) in [6, 6.07) is 0. The van der Waals surface area contributed by atoms with E-state index in [1.54, 1.807) is 13.8 Å². The van der Waals surface area contributed by atoms with Crippen LogP contribution < -0.4 is 0 Å². The smallest absolute Gasteiger partial charge is 0.339 e. The van der Waals surface area contributed by atoms with E-state index < -0.39 is 29.7 Å². The lowest BCUT2D eigenvalue weighted by molar-refractivity contribution is -0.196. The molecule has 2 fully saturated rings. The van der Waals surface area contributed by atoms with Crippen molar-refractivity contribution in [1.29, 1.82) is 0 Å². The molecule has 2 saturated heterocycles.